The van der Waals surface area contributed by atoms with Gasteiger partial charge in [-0.2, -0.15) is 0 Å². The van der Waals surface area contributed by atoms with Crippen LogP contribution in [-0.2, 0) is 13.0 Å². The summed E-state index contributed by atoms with van der Waals surface area (Å²) >= 11 is 0. The molecular formula is C25H29N7O4. The van der Waals surface area contributed by atoms with Crippen molar-refractivity contribution in [3.05, 3.63) is 41.6 Å². The van der Waals surface area contributed by atoms with Gasteiger partial charge in [0.2, 0.25) is 5.88 Å². The van der Waals surface area contributed by atoms with E-state index in [1.165, 1.54) is 0 Å². The van der Waals surface area contributed by atoms with Gasteiger partial charge >= 0.3 is 0 Å². The van der Waals surface area contributed by atoms with Crippen molar-refractivity contribution in [3.63, 3.8) is 0 Å². The highest BCUT2D eigenvalue weighted by molar-refractivity contribution is 5.86. The van der Waals surface area contributed by atoms with Crippen molar-refractivity contribution in [2.45, 2.75) is 45.4 Å². The van der Waals surface area contributed by atoms with Gasteiger partial charge in [0.05, 0.1) is 12.6 Å². The summed E-state index contributed by atoms with van der Waals surface area (Å²) in [5.41, 5.74) is 14.0. The number of imidazole rings is 1. The van der Waals surface area contributed by atoms with Gasteiger partial charge < -0.3 is 30.6 Å². The zero-order valence-corrected chi connectivity index (χ0v) is 20.6. The van der Waals surface area contributed by atoms with E-state index in [0.29, 0.717) is 47.1 Å². The van der Waals surface area contributed by atoms with E-state index in [9.17, 15) is 5.11 Å². The van der Waals surface area contributed by atoms with Crippen LogP contribution in [0.2, 0.25) is 0 Å². The molecule has 0 aliphatic rings. The lowest BCUT2D eigenvalue weighted by Crippen LogP contribution is -2.30. The number of rotatable bonds is 8. The monoisotopic (exact) mass is 491 g/mol. The number of benzene rings is 1. The summed E-state index contributed by atoms with van der Waals surface area (Å²) in [6, 6.07) is 9.23. The lowest BCUT2D eigenvalue weighted by Gasteiger charge is -2.14. The maximum absolute atomic E-state index is 10.1. The third-order valence-corrected chi connectivity index (χ3v) is 5.32. The molecule has 3 aromatic heterocycles. The minimum atomic E-state index is -1.22. The number of ether oxygens (including phenoxy) is 2. The van der Waals surface area contributed by atoms with Crippen LogP contribution in [0.25, 0.3) is 22.6 Å². The first kappa shape index (κ1) is 25.0. The van der Waals surface area contributed by atoms with Crippen LogP contribution in [0.15, 0.2) is 35.0 Å². The van der Waals surface area contributed by atoms with Crippen LogP contribution in [0.3, 0.4) is 0 Å². The van der Waals surface area contributed by atoms with Gasteiger partial charge in [0, 0.05) is 18.7 Å². The van der Waals surface area contributed by atoms with Crippen molar-refractivity contribution < 1.29 is 19.2 Å². The fourth-order valence-corrected chi connectivity index (χ4v) is 3.68. The second kappa shape index (κ2) is 10.2. The Hall–Kier alpha value is -4.14. The molecule has 11 heteroatoms. The smallest absolute Gasteiger partial charge is 0.216 e. The van der Waals surface area contributed by atoms with Gasteiger partial charge in [0.25, 0.3) is 0 Å². The molecule has 0 amide bonds. The minimum absolute atomic E-state index is 0.122. The molecule has 188 valence electrons. The highest BCUT2D eigenvalue weighted by Gasteiger charge is 2.22. The maximum atomic E-state index is 10.1. The highest BCUT2D eigenvalue weighted by Crippen LogP contribution is 2.30. The van der Waals surface area contributed by atoms with E-state index in [0.717, 1.165) is 11.3 Å². The number of fused-ring (bicyclic) bond motifs is 1. The number of nitrogens with two attached hydrogens (primary N) is 2. The maximum Gasteiger partial charge on any atom is 0.216 e. The van der Waals surface area contributed by atoms with Crippen molar-refractivity contribution >= 4 is 16.9 Å². The largest absolute Gasteiger partial charge is 0.497 e. The summed E-state index contributed by atoms with van der Waals surface area (Å²) in [6.45, 7) is 5.91. The van der Waals surface area contributed by atoms with Gasteiger partial charge in [-0.25, -0.2) is 14.6 Å². The molecule has 0 spiro atoms. The standard InChI is InChI=1S/C25H29N7O4/c1-5-32-19-13-20(35-14-16(26)11-15-7-6-8-17(12-15)34-4)28-18(9-10-25(2,3)33)21(19)29-24(32)22-23(27)31-36-30-22/h6-8,12-13,16,33H,5,11,14,26H2,1-4H3,(H2,27,31). The number of anilines is 1. The molecule has 0 bridgehead atoms. The normalized spacial score (nSPS) is 12.3. The molecular weight excluding hydrogens is 462 g/mol. The van der Waals surface area contributed by atoms with Gasteiger partial charge in [-0.15, -0.1) is 0 Å². The molecule has 11 nitrogen and oxygen atoms in total. The number of aliphatic hydroxyl groups is 1. The van der Waals surface area contributed by atoms with Gasteiger partial charge in [-0.3, -0.25) is 0 Å². The second-order valence-electron chi connectivity index (χ2n) is 8.79. The predicted molar refractivity (Wildman–Crippen MR) is 134 cm³/mol. The summed E-state index contributed by atoms with van der Waals surface area (Å²) in [6.07, 6.45) is 0.598. The summed E-state index contributed by atoms with van der Waals surface area (Å²) in [5, 5.41) is 17.7. The van der Waals surface area contributed by atoms with E-state index in [-0.39, 0.29) is 18.5 Å². The molecule has 1 aromatic carbocycles. The lowest BCUT2D eigenvalue weighted by atomic mass is 10.1. The SMILES string of the molecule is CCn1c(-c2nonc2N)nc2c(C#CC(C)(C)O)nc(OCC(N)Cc3cccc(OC)c3)cc21. The van der Waals surface area contributed by atoms with Gasteiger partial charge in [0.15, 0.2) is 17.3 Å². The molecule has 0 saturated heterocycles. The summed E-state index contributed by atoms with van der Waals surface area (Å²) in [7, 11) is 1.63. The number of pyridine rings is 1. The van der Waals surface area contributed by atoms with Gasteiger partial charge in [-0.05, 0) is 61.1 Å². The molecule has 0 saturated carbocycles. The zero-order valence-electron chi connectivity index (χ0n) is 20.6. The first-order valence-electron chi connectivity index (χ1n) is 11.4. The predicted octanol–water partition coefficient (Wildman–Crippen LogP) is 2.16. The Balaban J connectivity index is 1.68. The number of hydrogen-bond acceptors (Lipinski definition) is 10. The number of aryl methyl sites for hydroxylation is 1. The van der Waals surface area contributed by atoms with Crippen LogP contribution in [-0.4, -0.2) is 55.3 Å². The number of aromatic nitrogens is 5. The molecule has 0 fully saturated rings. The number of nitrogen functional groups attached to an aromatic ring is 1. The lowest BCUT2D eigenvalue weighted by molar-refractivity contribution is 0.143. The van der Waals surface area contributed by atoms with E-state index >= 15 is 0 Å². The van der Waals surface area contributed by atoms with Crippen molar-refractivity contribution in [1.29, 1.82) is 0 Å². The minimum Gasteiger partial charge on any atom is -0.497 e. The molecule has 0 aliphatic carbocycles. The average Bonchev–Trinajstić information content (AvgIpc) is 3.43. The Morgan fingerprint density at radius 3 is 2.69 bits per heavy atom. The van der Waals surface area contributed by atoms with Crippen LogP contribution in [0.5, 0.6) is 11.6 Å². The molecule has 4 aromatic rings. The Morgan fingerprint density at radius 1 is 1.22 bits per heavy atom. The van der Waals surface area contributed by atoms with E-state index < -0.39 is 5.60 Å². The third kappa shape index (κ3) is 5.56. The number of methoxy groups -OCH3 is 1. The van der Waals surface area contributed by atoms with Crippen LogP contribution in [0, 0.1) is 11.8 Å². The first-order chi connectivity index (χ1) is 17.2. The van der Waals surface area contributed by atoms with Gasteiger partial charge in [-0.1, -0.05) is 18.1 Å². The fraction of sp³-hybridized carbons (Fsp3) is 0.360. The molecule has 36 heavy (non-hydrogen) atoms. The Kier molecular flexibility index (Phi) is 7.10. The quantitative estimate of drug-likeness (QED) is 0.312. The molecule has 0 radical (unpaired) electrons. The van der Waals surface area contributed by atoms with Crippen molar-refractivity contribution in [1.82, 2.24) is 24.8 Å². The van der Waals surface area contributed by atoms with Crippen LogP contribution >= 0.6 is 0 Å². The highest BCUT2D eigenvalue weighted by atomic mass is 16.6. The molecule has 1 atom stereocenters. The first-order valence-corrected chi connectivity index (χ1v) is 11.4. The van der Waals surface area contributed by atoms with E-state index in [1.807, 2.05) is 35.8 Å². The number of hydrogen-bond donors (Lipinski definition) is 3. The van der Waals surface area contributed by atoms with Crippen LogP contribution in [0.1, 0.15) is 32.0 Å². The molecule has 0 aliphatic heterocycles. The van der Waals surface area contributed by atoms with Crippen LogP contribution < -0.4 is 20.9 Å². The van der Waals surface area contributed by atoms with Crippen LogP contribution in [0.4, 0.5) is 5.82 Å². The van der Waals surface area contributed by atoms with E-state index in [1.54, 1.807) is 27.0 Å². The fourth-order valence-electron chi connectivity index (χ4n) is 3.68. The Labute approximate surface area is 208 Å². The summed E-state index contributed by atoms with van der Waals surface area (Å²) in [5.74, 6) is 7.41. The Bertz CT molecular complexity index is 1430. The molecule has 4 rings (SSSR count). The topological polar surface area (TPSA) is 160 Å². The van der Waals surface area contributed by atoms with Crippen molar-refractivity contribution in [2.75, 3.05) is 19.5 Å². The van der Waals surface area contributed by atoms with E-state index in [2.05, 4.69) is 32.1 Å². The molecule has 1 unspecified atom stereocenters. The molecule has 3 heterocycles. The average molecular weight is 492 g/mol. The summed E-state index contributed by atoms with van der Waals surface area (Å²) < 4.78 is 17.9. The summed E-state index contributed by atoms with van der Waals surface area (Å²) in [4.78, 5) is 9.23. The van der Waals surface area contributed by atoms with Crippen molar-refractivity contribution in [2.24, 2.45) is 5.73 Å². The van der Waals surface area contributed by atoms with Crippen molar-refractivity contribution in [3.8, 4) is 35.0 Å². The third-order valence-electron chi connectivity index (χ3n) is 5.32. The molecule has 5 N–H and O–H groups in total. The van der Waals surface area contributed by atoms with E-state index in [4.69, 9.17) is 25.6 Å². The van der Waals surface area contributed by atoms with Gasteiger partial charge in [0.1, 0.15) is 29.2 Å². The zero-order chi connectivity index (χ0) is 25.9. The Morgan fingerprint density at radius 2 is 2.03 bits per heavy atom. The second-order valence-corrected chi connectivity index (χ2v) is 8.79. The number of nitrogens with zero attached hydrogens (tertiary/aromatic N) is 5.